The van der Waals surface area contributed by atoms with Gasteiger partial charge in [-0.3, -0.25) is 0 Å². The second kappa shape index (κ2) is 8.74. The van der Waals surface area contributed by atoms with Gasteiger partial charge in [0.05, 0.1) is 11.0 Å². The zero-order valence-electron chi connectivity index (χ0n) is 21.7. The van der Waals surface area contributed by atoms with E-state index in [1.54, 1.807) is 0 Å². The fourth-order valence-corrected chi connectivity index (χ4v) is 6.34. The predicted octanol–water partition coefficient (Wildman–Crippen LogP) is 9.98. The molecule has 3 aromatic heterocycles. The van der Waals surface area contributed by atoms with Crippen LogP contribution in [0.4, 0.5) is 0 Å². The third-order valence-corrected chi connectivity index (χ3v) is 8.19. The standard InChI is InChI=1S/C37H21NO.U/c1-22-11-13-24(14-12-22)26-19-31-27-16-15-25(23-7-3-2-4-8-23)21-33(27)38-35(31)32(20-26)29-17-18-30-28-9-5-6-10-34(28)39-37(30)36(29)38;/h2-7,9-20H,1H3;/q-2;+2. The number of furan rings is 1. The summed E-state index contributed by atoms with van der Waals surface area (Å²) >= 11 is 0. The number of aromatic nitrogens is 1. The second-order valence-electron chi connectivity index (χ2n) is 10.5. The molecule has 3 heteroatoms. The molecule has 0 fully saturated rings. The minimum Gasteiger partial charge on any atom is -0.454 e. The summed E-state index contributed by atoms with van der Waals surface area (Å²) < 4.78 is 8.96. The maximum absolute atomic E-state index is 6.58. The molecule has 3 heterocycles. The fourth-order valence-electron chi connectivity index (χ4n) is 6.34. The maximum atomic E-state index is 6.58. The topological polar surface area (TPSA) is 17.6 Å². The summed E-state index contributed by atoms with van der Waals surface area (Å²) in [4.78, 5) is 0. The predicted molar refractivity (Wildman–Crippen MR) is 162 cm³/mol. The van der Waals surface area contributed by atoms with Crippen LogP contribution in [0.3, 0.4) is 0 Å². The van der Waals surface area contributed by atoms with Crippen molar-refractivity contribution in [2.75, 3.05) is 0 Å². The van der Waals surface area contributed by atoms with Crippen LogP contribution >= 0.6 is 0 Å². The molecule has 2 nitrogen and oxygen atoms in total. The average Bonchev–Trinajstić information content (AvgIpc) is 3.64. The minimum absolute atomic E-state index is 0. The van der Waals surface area contributed by atoms with Crippen molar-refractivity contribution < 1.29 is 35.5 Å². The van der Waals surface area contributed by atoms with Gasteiger partial charge in [0.25, 0.3) is 0 Å². The number of aryl methyl sites for hydroxylation is 1. The molecule has 0 unspecified atom stereocenters. The van der Waals surface area contributed by atoms with Crippen molar-refractivity contribution in [1.29, 1.82) is 0 Å². The molecule has 40 heavy (non-hydrogen) atoms. The van der Waals surface area contributed by atoms with Gasteiger partial charge in [0.15, 0.2) is 5.58 Å². The van der Waals surface area contributed by atoms with Crippen LogP contribution in [0.1, 0.15) is 5.56 Å². The molecule has 0 aliphatic heterocycles. The smallest absolute Gasteiger partial charge is 0.454 e. The van der Waals surface area contributed by atoms with Gasteiger partial charge in [-0.05, 0) is 47.2 Å². The monoisotopic (exact) mass is 733 g/mol. The Morgan fingerprint density at radius 3 is 2.17 bits per heavy atom. The summed E-state index contributed by atoms with van der Waals surface area (Å²) in [5, 5.41) is 7.14. The third-order valence-electron chi connectivity index (χ3n) is 8.19. The van der Waals surface area contributed by atoms with Crippen molar-refractivity contribution >= 4 is 60.0 Å². The Morgan fingerprint density at radius 2 is 1.35 bits per heavy atom. The molecule has 0 aliphatic rings. The van der Waals surface area contributed by atoms with E-state index in [4.69, 9.17) is 4.42 Å². The van der Waals surface area contributed by atoms with E-state index in [-0.39, 0.29) is 31.1 Å². The van der Waals surface area contributed by atoms with E-state index >= 15 is 0 Å². The van der Waals surface area contributed by atoms with E-state index < -0.39 is 0 Å². The van der Waals surface area contributed by atoms with Gasteiger partial charge in [-0.2, -0.15) is 36.4 Å². The van der Waals surface area contributed by atoms with Crippen LogP contribution in [0.25, 0.3) is 82.3 Å². The SMILES string of the molecule is Cc1ccc(-c2cc3c4ccc(-c5[c-]cccc5)[c-]c4n4c3c(c2)c2ccc3c5ccccc5oc3c24)cc1.[U+2]. The van der Waals surface area contributed by atoms with E-state index in [9.17, 15) is 0 Å². The van der Waals surface area contributed by atoms with Crippen LogP contribution in [-0.2, 0) is 0 Å². The molecule has 0 atom stereocenters. The molecule has 0 aliphatic carbocycles. The average molecular weight is 734 g/mol. The molecule has 0 saturated carbocycles. The van der Waals surface area contributed by atoms with Crippen molar-refractivity contribution in [3.05, 3.63) is 127 Å². The van der Waals surface area contributed by atoms with Crippen LogP contribution < -0.4 is 0 Å². The normalized spacial score (nSPS) is 11.9. The first-order valence-corrected chi connectivity index (χ1v) is 13.3. The van der Waals surface area contributed by atoms with Gasteiger partial charge in [-0.15, -0.1) is 12.1 Å². The Balaban J connectivity index is 0.00000245. The van der Waals surface area contributed by atoms with Crippen LogP contribution in [0, 0.1) is 50.2 Å². The summed E-state index contributed by atoms with van der Waals surface area (Å²) in [6.07, 6.45) is 0. The molecule has 0 spiro atoms. The van der Waals surface area contributed by atoms with Gasteiger partial charge >= 0.3 is 31.1 Å². The van der Waals surface area contributed by atoms with E-state index in [2.05, 4.69) is 114 Å². The molecule has 0 amide bonds. The van der Waals surface area contributed by atoms with Crippen molar-refractivity contribution in [2.45, 2.75) is 6.92 Å². The molecule has 9 aromatic rings. The van der Waals surface area contributed by atoms with E-state index in [0.717, 1.165) is 44.1 Å². The molecule has 0 radical (unpaired) electrons. The Morgan fingerprint density at radius 1 is 0.600 bits per heavy atom. The van der Waals surface area contributed by atoms with Crippen molar-refractivity contribution in [2.24, 2.45) is 0 Å². The van der Waals surface area contributed by atoms with E-state index in [1.165, 1.54) is 43.8 Å². The first kappa shape index (κ1) is 23.8. The fraction of sp³-hybridized carbons (Fsp3) is 0.0270. The zero-order chi connectivity index (χ0) is 25.7. The van der Waals surface area contributed by atoms with Gasteiger partial charge in [-0.1, -0.05) is 65.5 Å². The molecule has 0 saturated heterocycles. The second-order valence-corrected chi connectivity index (χ2v) is 10.5. The molecular formula is C37H21NOU. The van der Waals surface area contributed by atoms with Crippen molar-refractivity contribution in [1.82, 2.24) is 4.40 Å². The van der Waals surface area contributed by atoms with Gasteiger partial charge in [0.2, 0.25) is 0 Å². The number of nitrogens with zero attached hydrogens (tertiary/aromatic N) is 1. The first-order chi connectivity index (χ1) is 19.2. The number of rotatable bonds is 2. The largest absolute Gasteiger partial charge is 2.00 e. The number of benzene rings is 6. The molecule has 184 valence electrons. The first-order valence-electron chi connectivity index (χ1n) is 13.3. The van der Waals surface area contributed by atoms with Gasteiger partial charge in [0.1, 0.15) is 5.58 Å². The van der Waals surface area contributed by atoms with E-state index in [0.29, 0.717) is 0 Å². The van der Waals surface area contributed by atoms with Crippen molar-refractivity contribution in [3.63, 3.8) is 0 Å². The van der Waals surface area contributed by atoms with Gasteiger partial charge in [-0.25, -0.2) is 11.1 Å². The van der Waals surface area contributed by atoms with Crippen LogP contribution in [0.2, 0.25) is 0 Å². The maximum Gasteiger partial charge on any atom is 2.00 e. The van der Waals surface area contributed by atoms with E-state index in [1.807, 2.05) is 18.2 Å². The third kappa shape index (κ3) is 3.23. The summed E-state index contributed by atoms with van der Waals surface area (Å²) in [5.41, 5.74) is 11.0. The summed E-state index contributed by atoms with van der Waals surface area (Å²) in [6, 6.07) is 45.9. The van der Waals surface area contributed by atoms with Crippen LogP contribution in [0.15, 0.2) is 114 Å². The quantitative estimate of drug-likeness (QED) is 0.162. The van der Waals surface area contributed by atoms with Gasteiger partial charge < -0.3 is 8.82 Å². The Hall–Kier alpha value is -4.03. The number of hydrogen-bond acceptors (Lipinski definition) is 1. The minimum atomic E-state index is 0. The number of para-hydroxylation sites is 1. The van der Waals surface area contributed by atoms with Gasteiger partial charge in [0, 0.05) is 21.5 Å². The van der Waals surface area contributed by atoms with Crippen LogP contribution in [0.5, 0.6) is 0 Å². The molecular weight excluding hydrogens is 712 g/mol. The Labute approximate surface area is 254 Å². The number of fused-ring (bicyclic) bond motifs is 10. The summed E-state index contributed by atoms with van der Waals surface area (Å²) in [7, 11) is 0. The molecule has 0 N–H and O–H groups in total. The molecule has 0 bridgehead atoms. The summed E-state index contributed by atoms with van der Waals surface area (Å²) in [5.74, 6) is 0. The molecule has 9 rings (SSSR count). The Kier molecular flexibility index (Phi) is 5.20. The molecule has 6 aromatic carbocycles. The summed E-state index contributed by atoms with van der Waals surface area (Å²) in [6.45, 7) is 2.13. The zero-order valence-corrected chi connectivity index (χ0v) is 25.9. The number of hydrogen-bond donors (Lipinski definition) is 0. The van der Waals surface area contributed by atoms with Crippen molar-refractivity contribution in [3.8, 4) is 22.3 Å². The Bertz CT molecular complexity index is 2380. The van der Waals surface area contributed by atoms with Crippen LogP contribution in [-0.4, -0.2) is 4.40 Å².